The Bertz CT molecular complexity index is 999. The number of nitrogens with zero attached hydrogens (tertiary/aromatic N) is 3. The Morgan fingerprint density at radius 2 is 2.21 bits per heavy atom. The molecule has 144 valence electrons. The first kappa shape index (κ1) is 19.7. The van der Waals surface area contributed by atoms with Crippen LogP contribution in [0.25, 0.3) is 6.08 Å². The molecule has 0 bridgehead atoms. The molecule has 0 radical (unpaired) electrons. The quantitative estimate of drug-likeness (QED) is 0.331. The molecule has 1 aromatic heterocycles. The van der Waals surface area contributed by atoms with Crippen LogP contribution in [0.1, 0.15) is 18.2 Å². The van der Waals surface area contributed by atoms with Gasteiger partial charge in [0.15, 0.2) is 5.17 Å². The molecule has 1 aliphatic heterocycles. The van der Waals surface area contributed by atoms with Gasteiger partial charge in [-0.25, -0.2) is 4.98 Å². The minimum atomic E-state index is -0.500. The van der Waals surface area contributed by atoms with Crippen LogP contribution < -0.4 is 5.32 Å². The first-order valence-corrected chi connectivity index (χ1v) is 9.79. The van der Waals surface area contributed by atoms with Gasteiger partial charge in [0.2, 0.25) is 5.13 Å². The largest absolute Gasteiger partial charge is 0.466 e. The monoisotopic (exact) mass is 418 g/mol. The van der Waals surface area contributed by atoms with Crippen molar-refractivity contribution in [1.29, 1.82) is 0 Å². The van der Waals surface area contributed by atoms with Gasteiger partial charge in [0.05, 0.1) is 34.1 Å². The molecule has 0 unspecified atom stereocenters. The van der Waals surface area contributed by atoms with Crippen LogP contribution in [0.15, 0.2) is 39.5 Å². The Balaban J connectivity index is 1.75. The number of amides is 1. The first-order valence-electron chi connectivity index (χ1n) is 8.09. The fraction of sp³-hybridized carbons (Fsp3) is 0.176. The Hall–Kier alpha value is -3.05. The molecule has 1 fully saturated rings. The molecule has 2 heterocycles. The summed E-state index contributed by atoms with van der Waals surface area (Å²) in [6.45, 7) is 2.03. The number of nitro benzene ring substituents is 1. The molecule has 1 aromatic carbocycles. The smallest absolute Gasteiger partial charge is 0.311 e. The van der Waals surface area contributed by atoms with Gasteiger partial charge in [-0.2, -0.15) is 4.99 Å². The number of rotatable bonds is 6. The molecular weight excluding hydrogens is 404 g/mol. The third-order valence-electron chi connectivity index (χ3n) is 3.44. The lowest BCUT2D eigenvalue weighted by molar-refractivity contribution is -0.385. The van der Waals surface area contributed by atoms with Crippen LogP contribution in [0.4, 0.5) is 10.8 Å². The molecule has 0 atom stereocenters. The fourth-order valence-electron chi connectivity index (χ4n) is 2.27. The highest BCUT2D eigenvalue weighted by molar-refractivity contribution is 8.18. The minimum Gasteiger partial charge on any atom is -0.466 e. The number of thiazole rings is 1. The molecule has 0 saturated carbocycles. The van der Waals surface area contributed by atoms with Crippen molar-refractivity contribution in [2.24, 2.45) is 4.99 Å². The Morgan fingerprint density at radius 1 is 1.43 bits per heavy atom. The van der Waals surface area contributed by atoms with E-state index >= 15 is 0 Å². The van der Waals surface area contributed by atoms with Gasteiger partial charge < -0.3 is 10.1 Å². The number of esters is 1. The average Bonchev–Trinajstić information content (AvgIpc) is 3.22. The second kappa shape index (κ2) is 8.76. The van der Waals surface area contributed by atoms with E-state index in [1.54, 1.807) is 30.5 Å². The summed E-state index contributed by atoms with van der Waals surface area (Å²) in [4.78, 5) is 43.0. The van der Waals surface area contributed by atoms with E-state index in [0.29, 0.717) is 28.2 Å². The second-order valence-corrected chi connectivity index (χ2v) is 7.27. The van der Waals surface area contributed by atoms with Crippen molar-refractivity contribution in [1.82, 2.24) is 10.3 Å². The number of nitrogens with one attached hydrogen (secondary N) is 1. The minimum absolute atomic E-state index is 0.0531. The number of amidine groups is 1. The molecule has 0 spiro atoms. The topological polar surface area (TPSA) is 124 Å². The predicted octanol–water partition coefficient (Wildman–Crippen LogP) is 3.05. The summed E-state index contributed by atoms with van der Waals surface area (Å²) in [6.07, 6.45) is 1.51. The Kier molecular flexibility index (Phi) is 6.16. The van der Waals surface area contributed by atoms with Crippen molar-refractivity contribution in [3.8, 4) is 0 Å². The third kappa shape index (κ3) is 4.81. The summed E-state index contributed by atoms with van der Waals surface area (Å²) in [5, 5.41) is 16.1. The zero-order chi connectivity index (χ0) is 20.1. The number of carbonyl (C=O) groups is 2. The van der Waals surface area contributed by atoms with Crippen LogP contribution in [0.3, 0.4) is 0 Å². The van der Waals surface area contributed by atoms with Gasteiger partial charge in [-0.3, -0.25) is 19.7 Å². The van der Waals surface area contributed by atoms with Crippen molar-refractivity contribution >= 4 is 57.0 Å². The molecule has 1 aliphatic rings. The highest BCUT2D eigenvalue weighted by Gasteiger charge is 2.25. The number of para-hydroxylation sites is 1. The summed E-state index contributed by atoms with van der Waals surface area (Å²) in [5.74, 6) is -0.768. The van der Waals surface area contributed by atoms with Crippen LogP contribution in [-0.2, 0) is 20.7 Å². The number of benzene rings is 1. The van der Waals surface area contributed by atoms with Gasteiger partial charge in [0.25, 0.3) is 11.6 Å². The number of carbonyl (C=O) groups excluding carboxylic acids is 2. The standard InChI is InChI=1S/C17H14N4O5S2/c1-2-26-14(22)8-11-9-27-16(18-11)20-17-19-15(23)13(28-17)7-10-5-3-4-6-12(10)21(24)25/h3-7,9H,2,8H2,1H3,(H,18,19,20,23)/b13-7-. The summed E-state index contributed by atoms with van der Waals surface area (Å²) in [5.41, 5.74) is 0.780. The average molecular weight is 418 g/mol. The van der Waals surface area contributed by atoms with Gasteiger partial charge >= 0.3 is 5.97 Å². The van der Waals surface area contributed by atoms with Gasteiger partial charge in [0.1, 0.15) is 0 Å². The van der Waals surface area contributed by atoms with Crippen LogP contribution in [0.2, 0.25) is 0 Å². The molecule has 9 nitrogen and oxygen atoms in total. The SMILES string of the molecule is CCOC(=O)Cc1csc(/N=C2/NC(=O)/C(=C/c3ccccc3[N+](=O)[O-])S2)n1. The Morgan fingerprint density at radius 3 is 2.96 bits per heavy atom. The van der Waals surface area contributed by atoms with E-state index in [2.05, 4.69) is 15.3 Å². The molecule has 2 aromatic rings. The first-order chi connectivity index (χ1) is 13.5. The van der Waals surface area contributed by atoms with Gasteiger partial charge in [0, 0.05) is 11.4 Å². The highest BCUT2D eigenvalue weighted by atomic mass is 32.2. The molecule has 1 saturated heterocycles. The van der Waals surface area contributed by atoms with Gasteiger partial charge in [-0.15, -0.1) is 11.3 Å². The van der Waals surface area contributed by atoms with E-state index in [9.17, 15) is 19.7 Å². The summed E-state index contributed by atoms with van der Waals surface area (Å²) < 4.78 is 4.87. The van der Waals surface area contributed by atoms with Crippen molar-refractivity contribution < 1.29 is 19.2 Å². The number of ether oxygens (including phenoxy) is 1. The van der Waals surface area contributed by atoms with E-state index in [1.165, 1.54) is 23.5 Å². The lowest BCUT2D eigenvalue weighted by atomic mass is 10.1. The molecule has 28 heavy (non-hydrogen) atoms. The maximum Gasteiger partial charge on any atom is 0.311 e. The number of thioether (sulfide) groups is 1. The number of hydrogen-bond donors (Lipinski definition) is 1. The van der Waals surface area contributed by atoms with Gasteiger partial charge in [-0.05, 0) is 30.8 Å². The lowest BCUT2D eigenvalue weighted by Gasteiger charge is -1.97. The van der Waals surface area contributed by atoms with Crippen molar-refractivity contribution in [3.63, 3.8) is 0 Å². The predicted molar refractivity (Wildman–Crippen MR) is 106 cm³/mol. The molecule has 0 aliphatic carbocycles. The second-order valence-electron chi connectivity index (χ2n) is 5.40. The van der Waals surface area contributed by atoms with Crippen LogP contribution in [-0.4, -0.2) is 33.6 Å². The van der Waals surface area contributed by atoms with Crippen molar-refractivity contribution in [2.75, 3.05) is 6.61 Å². The van der Waals surface area contributed by atoms with E-state index in [4.69, 9.17) is 4.74 Å². The van der Waals surface area contributed by atoms with Crippen LogP contribution >= 0.6 is 23.1 Å². The third-order valence-corrected chi connectivity index (χ3v) is 5.13. The number of aromatic nitrogens is 1. The number of nitro groups is 1. The molecular formula is C17H14N4O5S2. The fourth-order valence-corrected chi connectivity index (χ4v) is 3.84. The van der Waals surface area contributed by atoms with E-state index in [1.807, 2.05) is 0 Å². The van der Waals surface area contributed by atoms with Crippen LogP contribution in [0, 0.1) is 10.1 Å². The van der Waals surface area contributed by atoms with Gasteiger partial charge in [-0.1, -0.05) is 12.1 Å². The van der Waals surface area contributed by atoms with E-state index < -0.39 is 10.8 Å². The van der Waals surface area contributed by atoms with Crippen molar-refractivity contribution in [3.05, 3.63) is 55.9 Å². The zero-order valence-corrected chi connectivity index (χ0v) is 16.2. The van der Waals surface area contributed by atoms with E-state index in [0.717, 1.165) is 11.8 Å². The normalized spacial score (nSPS) is 16.4. The summed E-state index contributed by atoms with van der Waals surface area (Å²) in [6, 6.07) is 6.16. The maximum absolute atomic E-state index is 12.2. The zero-order valence-electron chi connectivity index (χ0n) is 14.6. The van der Waals surface area contributed by atoms with Crippen LogP contribution in [0.5, 0.6) is 0 Å². The van der Waals surface area contributed by atoms with Crippen molar-refractivity contribution in [2.45, 2.75) is 13.3 Å². The molecule has 3 rings (SSSR count). The molecule has 11 heteroatoms. The summed E-state index contributed by atoms with van der Waals surface area (Å²) >= 11 is 2.29. The Labute approximate surface area is 167 Å². The molecule has 1 N–H and O–H groups in total. The lowest BCUT2D eigenvalue weighted by Crippen LogP contribution is -2.19. The number of hydrogen-bond acceptors (Lipinski definition) is 9. The molecule has 1 amide bonds. The number of aliphatic imine (C=N–C) groups is 1. The van der Waals surface area contributed by atoms with E-state index in [-0.39, 0.29) is 23.0 Å². The summed E-state index contributed by atoms with van der Waals surface area (Å²) in [7, 11) is 0. The highest BCUT2D eigenvalue weighted by Crippen LogP contribution is 2.31. The maximum atomic E-state index is 12.2.